The molecule has 1 N–H and O–H groups in total. The first-order valence-corrected chi connectivity index (χ1v) is 18.5. The van der Waals surface area contributed by atoms with Crippen molar-refractivity contribution in [3.8, 4) is 0 Å². The number of carbonyl (C=O) groups excluding carboxylic acids is 1. The highest BCUT2D eigenvalue weighted by atomic mass is 32.2. The molecule has 0 bridgehead atoms. The summed E-state index contributed by atoms with van der Waals surface area (Å²) >= 11 is 1.85. The van der Waals surface area contributed by atoms with Gasteiger partial charge in [-0.2, -0.15) is 11.8 Å². The van der Waals surface area contributed by atoms with Crippen LogP contribution >= 0.6 is 19.8 Å². The topological polar surface area (TPSA) is 82.1 Å². The number of esters is 1. The van der Waals surface area contributed by atoms with Gasteiger partial charge in [-0.25, -0.2) is 4.79 Å². The molecule has 0 radical (unpaired) electrons. The van der Waals surface area contributed by atoms with Crippen LogP contribution in [0.1, 0.15) is 158 Å². The van der Waals surface area contributed by atoms with Crippen LogP contribution in [0.2, 0.25) is 0 Å². The first kappa shape index (κ1) is 39.8. The number of carbonyl (C=O) groups is 1. The summed E-state index contributed by atoms with van der Waals surface area (Å²) in [6.07, 6.45) is 19.9. The Morgan fingerprint density at radius 3 is 1.80 bits per heavy atom. The Balaban J connectivity index is 5.08. The van der Waals surface area contributed by atoms with E-state index in [-0.39, 0.29) is 23.9 Å². The zero-order chi connectivity index (χ0) is 30.3. The van der Waals surface area contributed by atoms with Crippen LogP contribution in [0.15, 0.2) is 0 Å². The Kier molecular flexibility index (Phi) is 24.1. The lowest BCUT2D eigenvalue weighted by molar-refractivity contribution is -0.211. The fourth-order valence-corrected chi connectivity index (χ4v) is 6.69. The fourth-order valence-electron chi connectivity index (χ4n) is 4.37. The standard InChI is InChI=1S/C32H64O6PS/c1-8-11-13-15-16-17-18-19-21-23-26-40-29(24-22-20-14-12-9-2)28(4)38-32(34,39(35)37-25-10-3)30(33)36-27-31(5,6)7/h28-29,34H,8-27H2,1-7H3/q+1. The van der Waals surface area contributed by atoms with Crippen molar-refractivity contribution in [2.45, 2.75) is 175 Å². The normalized spacial score (nSPS) is 15.4. The number of ether oxygens (including phenoxy) is 2. The van der Waals surface area contributed by atoms with Gasteiger partial charge >= 0.3 is 19.5 Å². The molecule has 40 heavy (non-hydrogen) atoms. The van der Waals surface area contributed by atoms with Crippen LogP contribution < -0.4 is 0 Å². The highest BCUT2D eigenvalue weighted by Gasteiger charge is 2.62. The molecule has 4 atom stereocenters. The minimum Gasteiger partial charge on any atom is -0.458 e. The molecule has 0 heterocycles. The first-order valence-electron chi connectivity index (χ1n) is 16.3. The quantitative estimate of drug-likeness (QED) is 0.0430. The molecule has 0 aromatic carbocycles. The number of aliphatic hydroxyl groups is 1. The predicted octanol–water partition coefficient (Wildman–Crippen LogP) is 10.2. The predicted molar refractivity (Wildman–Crippen MR) is 171 cm³/mol. The van der Waals surface area contributed by atoms with E-state index in [1.165, 1.54) is 77.0 Å². The molecule has 6 nitrogen and oxygen atoms in total. The van der Waals surface area contributed by atoms with E-state index in [9.17, 15) is 14.5 Å². The summed E-state index contributed by atoms with van der Waals surface area (Å²) in [5.74, 6) is -0.0252. The largest absolute Gasteiger partial charge is 0.589 e. The molecule has 0 saturated carbocycles. The van der Waals surface area contributed by atoms with Gasteiger partial charge in [0.2, 0.25) is 0 Å². The van der Waals surface area contributed by atoms with E-state index in [0.717, 1.165) is 31.4 Å². The number of rotatable bonds is 27. The summed E-state index contributed by atoms with van der Waals surface area (Å²) in [6.45, 7) is 14.2. The van der Waals surface area contributed by atoms with Crippen LogP contribution in [-0.2, 0) is 23.4 Å². The number of hydrogen-bond acceptors (Lipinski definition) is 7. The molecule has 0 spiro atoms. The Morgan fingerprint density at radius 2 is 1.30 bits per heavy atom. The highest BCUT2D eigenvalue weighted by Crippen LogP contribution is 2.43. The molecule has 0 aliphatic rings. The number of thioether (sulfide) groups is 1. The van der Waals surface area contributed by atoms with E-state index < -0.39 is 25.6 Å². The second-order valence-corrected chi connectivity index (χ2v) is 15.2. The lowest BCUT2D eigenvalue weighted by atomic mass is 9.99. The third-order valence-electron chi connectivity index (χ3n) is 6.86. The molecule has 238 valence electrons. The number of hydrogen-bond donors (Lipinski definition) is 1. The van der Waals surface area contributed by atoms with Gasteiger partial charge < -0.3 is 9.84 Å². The summed E-state index contributed by atoms with van der Waals surface area (Å²) in [4.78, 5) is 13.0. The van der Waals surface area contributed by atoms with Gasteiger partial charge in [0.15, 0.2) is 0 Å². The van der Waals surface area contributed by atoms with Gasteiger partial charge in [0.05, 0.1) is 12.7 Å². The Bertz CT molecular complexity index is 641. The summed E-state index contributed by atoms with van der Waals surface area (Å²) in [7, 11) is -2.83. The Morgan fingerprint density at radius 1 is 0.800 bits per heavy atom. The summed E-state index contributed by atoms with van der Waals surface area (Å²) < 4.78 is 29.6. The smallest absolute Gasteiger partial charge is 0.458 e. The van der Waals surface area contributed by atoms with Crippen molar-refractivity contribution in [3.63, 3.8) is 0 Å². The van der Waals surface area contributed by atoms with Gasteiger partial charge in [0, 0.05) is 5.25 Å². The maximum atomic E-state index is 13.0. The van der Waals surface area contributed by atoms with Gasteiger partial charge in [-0.1, -0.05) is 131 Å². The summed E-state index contributed by atoms with van der Waals surface area (Å²) in [6, 6.07) is 0. The van der Waals surface area contributed by atoms with E-state index in [0.29, 0.717) is 6.42 Å². The fraction of sp³-hybridized carbons (Fsp3) is 0.969. The lowest BCUT2D eigenvalue weighted by Gasteiger charge is -2.27. The van der Waals surface area contributed by atoms with Gasteiger partial charge in [0.1, 0.15) is 6.61 Å². The Labute approximate surface area is 252 Å². The summed E-state index contributed by atoms with van der Waals surface area (Å²) in [5, 5.41) is 11.4. The second-order valence-electron chi connectivity index (χ2n) is 12.5. The number of unbranched alkanes of at least 4 members (excludes halogenated alkanes) is 13. The van der Waals surface area contributed by atoms with E-state index in [2.05, 4.69) is 13.8 Å². The maximum absolute atomic E-state index is 13.0. The molecular weight excluding hydrogens is 543 g/mol. The van der Waals surface area contributed by atoms with E-state index in [4.69, 9.17) is 14.0 Å². The van der Waals surface area contributed by atoms with Crippen LogP contribution in [0.5, 0.6) is 0 Å². The van der Waals surface area contributed by atoms with Gasteiger partial charge in [-0.05, 0) is 41.9 Å². The molecule has 0 aromatic rings. The first-order chi connectivity index (χ1) is 19.0. The molecule has 0 rings (SSSR count). The van der Waals surface area contributed by atoms with Crippen molar-refractivity contribution in [1.82, 2.24) is 0 Å². The molecule has 0 aliphatic carbocycles. The zero-order valence-electron chi connectivity index (χ0n) is 27.1. The zero-order valence-corrected chi connectivity index (χ0v) is 28.9. The monoisotopic (exact) mass is 607 g/mol. The minimum absolute atomic E-state index is 0.0803. The van der Waals surface area contributed by atoms with Crippen LogP contribution in [0.4, 0.5) is 0 Å². The van der Waals surface area contributed by atoms with Gasteiger partial charge in [-0.15, -0.1) is 4.52 Å². The summed E-state index contributed by atoms with van der Waals surface area (Å²) in [5.41, 5.74) is -2.92. The van der Waals surface area contributed by atoms with Crippen LogP contribution in [-0.4, -0.2) is 46.9 Å². The SMILES string of the molecule is CCCCCCCCCCCCSC(CCCCCCC)C(C)OC(O)(C(=O)OCC(C)(C)C)[P+](=O)OCCC. The maximum Gasteiger partial charge on any atom is 0.589 e. The molecule has 0 aromatic heterocycles. The van der Waals surface area contributed by atoms with Crippen molar-refractivity contribution < 1.29 is 28.5 Å². The van der Waals surface area contributed by atoms with Crippen molar-refractivity contribution in [2.24, 2.45) is 5.41 Å². The lowest BCUT2D eigenvalue weighted by Crippen LogP contribution is -2.45. The van der Waals surface area contributed by atoms with Crippen molar-refractivity contribution in [1.29, 1.82) is 0 Å². The molecule has 8 heteroatoms. The second kappa shape index (κ2) is 24.3. The third kappa shape index (κ3) is 19.8. The van der Waals surface area contributed by atoms with Crippen LogP contribution in [0.3, 0.4) is 0 Å². The van der Waals surface area contributed by atoms with Crippen LogP contribution in [0, 0.1) is 5.41 Å². The molecule has 4 unspecified atom stereocenters. The Hall–Kier alpha value is -0.200. The molecular formula is C32H64O6PS+. The average Bonchev–Trinajstić information content (AvgIpc) is 2.91. The van der Waals surface area contributed by atoms with Crippen molar-refractivity contribution in [2.75, 3.05) is 19.0 Å². The van der Waals surface area contributed by atoms with E-state index in [1.807, 2.05) is 46.4 Å². The highest BCUT2D eigenvalue weighted by molar-refractivity contribution is 7.99. The molecule has 0 saturated heterocycles. The van der Waals surface area contributed by atoms with E-state index >= 15 is 0 Å². The molecule has 0 fully saturated rings. The van der Waals surface area contributed by atoms with Crippen LogP contribution in [0.25, 0.3) is 0 Å². The van der Waals surface area contributed by atoms with Gasteiger partial charge in [-0.3, -0.25) is 4.74 Å². The average molecular weight is 608 g/mol. The minimum atomic E-state index is -2.83. The van der Waals surface area contributed by atoms with Crippen molar-refractivity contribution in [3.05, 3.63) is 0 Å². The van der Waals surface area contributed by atoms with Gasteiger partial charge in [0.25, 0.3) is 0 Å². The third-order valence-corrected chi connectivity index (χ3v) is 9.63. The molecule has 0 aliphatic heterocycles. The van der Waals surface area contributed by atoms with Crippen molar-refractivity contribution >= 4 is 25.8 Å². The van der Waals surface area contributed by atoms with E-state index in [1.54, 1.807) is 0 Å². The molecule has 0 amide bonds.